The first kappa shape index (κ1) is 14.0. The first-order valence-electron chi connectivity index (χ1n) is 6.35. The van der Waals surface area contributed by atoms with Crippen molar-refractivity contribution < 1.29 is 14.3 Å². The first-order chi connectivity index (χ1) is 9.45. The minimum Gasteiger partial charge on any atom is -0.461 e. The van der Waals surface area contributed by atoms with Crippen molar-refractivity contribution >= 4 is 11.8 Å². The topological polar surface area (TPSA) is 77.0 Å². The van der Waals surface area contributed by atoms with E-state index in [1.54, 1.807) is 38.0 Å². The molecule has 0 unspecified atom stereocenters. The molecule has 0 saturated heterocycles. The van der Waals surface area contributed by atoms with Crippen LogP contribution in [-0.2, 0) is 11.8 Å². The Morgan fingerprint density at radius 1 is 1.45 bits per heavy atom. The summed E-state index contributed by atoms with van der Waals surface area (Å²) in [6.07, 6.45) is 3.38. The van der Waals surface area contributed by atoms with E-state index in [4.69, 9.17) is 4.74 Å². The second-order valence-electron chi connectivity index (χ2n) is 4.55. The van der Waals surface area contributed by atoms with Crippen molar-refractivity contribution in [3.63, 3.8) is 0 Å². The Morgan fingerprint density at radius 3 is 2.65 bits per heavy atom. The summed E-state index contributed by atoms with van der Waals surface area (Å²) < 4.78 is 6.66. The van der Waals surface area contributed by atoms with E-state index in [0.717, 1.165) is 0 Å². The summed E-state index contributed by atoms with van der Waals surface area (Å²) in [4.78, 5) is 26.9. The summed E-state index contributed by atoms with van der Waals surface area (Å²) in [5, 5.41) is 4.09. The van der Waals surface area contributed by atoms with Crippen LogP contribution >= 0.6 is 0 Å². The third-order valence-corrected chi connectivity index (χ3v) is 3.01. The lowest BCUT2D eigenvalue weighted by Gasteiger charge is -2.03. The molecule has 2 aromatic heterocycles. The van der Waals surface area contributed by atoms with E-state index in [1.165, 1.54) is 6.92 Å². The van der Waals surface area contributed by atoms with Gasteiger partial charge in [-0.1, -0.05) is 0 Å². The highest BCUT2D eigenvalue weighted by Gasteiger charge is 2.25. The SMILES string of the molecule is CCOC(=O)c1[nH]c(C)c(C(C)=O)c1-c1cnn(C)c1. The van der Waals surface area contributed by atoms with Crippen molar-refractivity contribution in [2.45, 2.75) is 20.8 Å². The van der Waals surface area contributed by atoms with E-state index in [-0.39, 0.29) is 12.4 Å². The highest BCUT2D eigenvalue weighted by molar-refractivity contribution is 6.08. The van der Waals surface area contributed by atoms with Gasteiger partial charge in [0.1, 0.15) is 5.69 Å². The minimum atomic E-state index is -0.470. The smallest absolute Gasteiger partial charge is 0.355 e. The number of esters is 1. The molecular weight excluding hydrogens is 258 g/mol. The van der Waals surface area contributed by atoms with Gasteiger partial charge in [-0.2, -0.15) is 5.10 Å². The summed E-state index contributed by atoms with van der Waals surface area (Å²) in [6, 6.07) is 0. The molecule has 0 aliphatic heterocycles. The van der Waals surface area contributed by atoms with Gasteiger partial charge in [0, 0.05) is 35.6 Å². The van der Waals surface area contributed by atoms with E-state index in [2.05, 4.69) is 10.1 Å². The predicted molar refractivity (Wildman–Crippen MR) is 73.7 cm³/mol. The second kappa shape index (κ2) is 5.32. The van der Waals surface area contributed by atoms with Crippen molar-refractivity contribution in [3.05, 3.63) is 29.3 Å². The number of rotatable bonds is 4. The molecule has 106 valence electrons. The molecule has 20 heavy (non-hydrogen) atoms. The molecule has 0 aromatic carbocycles. The zero-order valence-electron chi connectivity index (χ0n) is 12.0. The molecule has 0 spiro atoms. The van der Waals surface area contributed by atoms with Gasteiger partial charge >= 0.3 is 5.97 Å². The van der Waals surface area contributed by atoms with Gasteiger partial charge in [0.15, 0.2) is 5.78 Å². The molecule has 0 fully saturated rings. The number of aromatic nitrogens is 3. The molecule has 2 aromatic rings. The van der Waals surface area contributed by atoms with E-state index in [1.807, 2.05) is 0 Å². The van der Waals surface area contributed by atoms with Gasteiger partial charge in [-0.05, 0) is 20.8 Å². The number of hydrogen-bond acceptors (Lipinski definition) is 4. The quantitative estimate of drug-likeness (QED) is 0.684. The standard InChI is InChI=1S/C14H17N3O3/c1-5-20-14(19)13-12(10-6-15-17(4)7-10)11(9(3)18)8(2)16-13/h6-7,16H,5H2,1-4H3. The van der Waals surface area contributed by atoms with Gasteiger partial charge in [0.25, 0.3) is 0 Å². The fourth-order valence-corrected chi connectivity index (χ4v) is 2.26. The third kappa shape index (κ3) is 2.36. The molecule has 2 heterocycles. The van der Waals surface area contributed by atoms with Crippen molar-refractivity contribution in [1.82, 2.24) is 14.8 Å². The van der Waals surface area contributed by atoms with Crippen LogP contribution in [0.3, 0.4) is 0 Å². The molecule has 0 radical (unpaired) electrons. The van der Waals surface area contributed by atoms with Gasteiger partial charge in [-0.25, -0.2) is 4.79 Å². The lowest BCUT2D eigenvalue weighted by atomic mass is 10.0. The van der Waals surface area contributed by atoms with Crippen molar-refractivity contribution in [1.29, 1.82) is 0 Å². The monoisotopic (exact) mass is 275 g/mol. The van der Waals surface area contributed by atoms with E-state index in [0.29, 0.717) is 28.1 Å². The number of Topliss-reactive ketones (excluding diaryl/α,β-unsaturated/α-hetero) is 1. The van der Waals surface area contributed by atoms with Crippen LogP contribution in [0.4, 0.5) is 0 Å². The number of nitrogens with zero attached hydrogens (tertiary/aromatic N) is 2. The number of aromatic amines is 1. The van der Waals surface area contributed by atoms with Crippen LogP contribution in [0.1, 0.15) is 40.4 Å². The van der Waals surface area contributed by atoms with Crippen LogP contribution < -0.4 is 0 Å². The Labute approximate surface area is 116 Å². The number of carbonyl (C=O) groups excluding carboxylic acids is 2. The number of hydrogen-bond donors (Lipinski definition) is 1. The number of H-pyrrole nitrogens is 1. The summed E-state index contributed by atoms with van der Waals surface area (Å²) >= 11 is 0. The normalized spacial score (nSPS) is 10.6. The number of ketones is 1. The van der Waals surface area contributed by atoms with Gasteiger partial charge < -0.3 is 9.72 Å². The maximum atomic E-state index is 12.0. The van der Waals surface area contributed by atoms with Crippen LogP contribution in [0.15, 0.2) is 12.4 Å². The molecule has 1 N–H and O–H groups in total. The molecule has 0 aliphatic rings. The molecule has 0 saturated carbocycles. The van der Waals surface area contributed by atoms with Crippen molar-refractivity contribution in [2.24, 2.45) is 7.05 Å². The molecule has 0 amide bonds. The molecule has 6 heteroatoms. The number of ether oxygens (including phenoxy) is 1. The number of carbonyl (C=O) groups is 2. The van der Waals surface area contributed by atoms with Crippen LogP contribution in [0.5, 0.6) is 0 Å². The molecule has 0 aliphatic carbocycles. The summed E-state index contributed by atoms with van der Waals surface area (Å²) in [5.41, 5.74) is 2.72. The molecule has 0 bridgehead atoms. The Bertz CT molecular complexity index is 667. The van der Waals surface area contributed by atoms with Gasteiger partial charge in [-0.15, -0.1) is 0 Å². The number of nitrogens with one attached hydrogen (secondary N) is 1. The van der Waals surface area contributed by atoms with Crippen LogP contribution in [0.2, 0.25) is 0 Å². The Balaban J connectivity index is 2.67. The average Bonchev–Trinajstić information content (AvgIpc) is 2.92. The molecule has 0 atom stereocenters. The summed E-state index contributed by atoms with van der Waals surface area (Å²) in [6.45, 7) is 5.26. The largest absolute Gasteiger partial charge is 0.461 e. The van der Waals surface area contributed by atoms with E-state index < -0.39 is 5.97 Å². The highest BCUT2D eigenvalue weighted by atomic mass is 16.5. The Hall–Kier alpha value is -2.37. The maximum absolute atomic E-state index is 12.0. The average molecular weight is 275 g/mol. The zero-order chi connectivity index (χ0) is 14.9. The fraction of sp³-hybridized carbons (Fsp3) is 0.357. The van der Waals surface area contributed by atoms with Crippen LogP contribution in [0.25, 0.3) is 11.1 Å². The van der Waals surface area contributed by atoms with Crippen molar-refractivity contribution in [2.75, 3.05) is 6.61 Å². The second-order valence-corrected chi connectivity index (χ2v) is 4.55. The number of aryl methyl sites for hydroxylation is 2. The van der Waals surface area contributed by atoms with E-state index in [9.17, 15) is 9.59 Å². The minimum absolute atomic E-state index is 0.104. The lowest BCUT2D eigenvalue weighted by molar-refractivity contribution is 0.0521. The predicted octanol–water partition coefficient (Wildman–Crippen LogP) is 2.10. The lowest BCUT2D eigenvalue weighted by Crippen LogP contribution is -2.07. The van der Waals surface area contributed by atoms with Crippen molar-refractivity contribution in [3.8, 4) is 11.1 Å². The van der Waals surface area contributed by atoms with Gasteiger partial charge in [0.05, 0.1) is 12.8 Å². The molecule has 6 nitrogen and oxygen atoms in total. The van der Waals surface area contributed by atoms with E-state index >= 15 is 0 Å². The Kier molecular flexibility index (Phi) is 3.74. The highest BCUT2D eigenvalue weighted by Crippen LogP contribution is 2.30. The van der Waals surface area contributed by atoms with Crippen LogP contribution in [-0.4, -0.2) is 33.1 Å². The van der Waals surface area contributed by atoms with Gasteiger partial charge in [-0.3, -0.25) is 9.48 Å². The first-order valence-corrected chi connectivity index (χ1v) is 6.35. The summed E-state index contributed by atoms with van der Waals surface area (Å²) in [5.74, 6) is -0.574. The van der Waals surface area contributed by atoms with Gasteiger partial charge in [0.2, 0.25) is 0 Å². The fourth-order valence-electron chi connectivity index (χ4n) is 2.26. The summed E-state index contributed by atoms with van der Waals surface area (Å²) in [7, 11) is 1.78. The Morgan fingerprint density at radius 2 is 2.15 bits per heavy atom. The third-order valence-electron chi connectivity index (χ3n) is 3.01. The van der Waals surface area contributed by atoms with Crippen LogP contribution in [0, 0.1) is 6.92 Å². The molecule has 2 rings (SSSR count). The zero-order valence-corrected chi connectivity index (χ0v) is 12.0. The maximum Gasteiger partial charge on any atom is 0.355 e. The molecular formula is C14H17N3O3.